The molecule has 0 aromatic heterocycles. The number of hydrazine groups is 1. The first-order chi connectivity index (χ1) is 9.33. The van der Waals surface area contributed by atoms with E-state index >= 15 is 0 Å². The lowest BCUT2D eigenvalue weighted by Crippen LogP contribution is -2.36. The highest BCUT2D eigenvalue weighted by atomic mass is 16.5. The van der Waals surface area contributed by atoms with Crippen LogP contribution in [0.1, 0.15) is 37.8 Å². The van der Waals surface area contributed by atoms with Gasteiger partial charge in [-0.1, -0.05) is 25.5 Å². The topological polar surface area (TPSA) is 45.3 Å². The second-order valence-electron chi connectivity index (χ2n) is 5.10. The first-order valence-corrected chi connectivity index (χ1v) is 7.22. The summed E-state index contributed by atoms with van der Waals surface area (Å²) >= 11 is 0. The molecular formula is C15H25N3O. The molecule has 19 heavy (non-hydrogen) atoms. The van der Waals surface area contributed by atoms with Crippen molar-refractivity contribution in [2.75, 3.05) is 20.2 Å². The SMILES string of the molecule is CCCCOc1ccc(C2CC(CNC)NN2)cc1. The molecule has 2 unspecified atom stereocenters. The Balaban J connectivity index is 1.85. The lowest BCUT2D eigenvalue weighted by molar-refractivity contribution is 0.309. The van der Waals surface area contributed by atoms with E-state index in [0.29, 0.717) is 12.1 Å². The van der Waals surface area contributed by atoms with Gasteiger partial charge in [-0.05, 0) is 37.6 Å². The standard InChI is InChI=1S/C15H25N3O/c1-3-4-9-19-14-7-5-12(6-8-14)15-10-13(11-16-2)17-18-15/h5-8,13,15-18H,3-4,9-11H2,1-2H3. The molecule has 2 atom stereocenters. The van der Waals surface area contributed by atoms with Crippen LogP contribution in [0.15, 0.2) is 24.3 Å². The van der Waals surface area contributed by atoms with Crippen molar-refractivity contribution in [3.05, 3.63) is 29.8 Å². The van der Waals surface area contributed by atoms with Gasteiger partial charge < -0.3 is 10.1 Å². The maximum absolute atomic E-state index is 5.68. The fourth-order valence-corrected chi connectivity index (χ4v) is 2.35. The van der Waals surface area contributed by atoms with Crippen LogP contribution in [0.2, 0.25) is 0 Å². The minimum atomic E-state index is 0.392. The number of nitrogens with one attached hydrogen (secondary N) is 3. The van der Waals surface area contributed by atoms with Crippen LogP contribution in [0, 0.1) is 0 Å². The lowest BCUT2D eigenvalue weighted by atomic mass is 10.0. The zero-order valence-corrected chi connectivity index (χ0v) is 11.9. The molecule has 1 aromatic rings. The van der Waals surface area contributed by atoms with Crippen molar-refractivity contribution >= 4 is 0 Å². The van der Waals surface area contributed by atoms with E-state index in [1.165, 1.54) is 12.0 Å². The summed E-state index contributed by atoms with van der Waals surface area (Å²) in [5, 5.41) is 3.20. The molecule has 4 nitrogen and oxygen atoms in total. The van der Waals surface area contributed by atoms with E-state index in [9.17, 15) is 0 Å². The van der Waals surface area contributed by atoms with Crippen molar-refractivity contribution in [2.45, 2.75) is 38.3 Å². The van der Waals surface area contributed by atoms with Gasteiger partial charge in [0.2, 0.25) is 0 Å². The highest BCUT2D eigenvalue weighted by Gasteiger charge is 2.24. The second-order valence-corrected chi connectivity index (χ2v) is 5.10. The molecule has 3 N–H and O–H groups in total. The van der Waals surface area contributed by atoms with Crippen LogP contribution in [-0.4, -0.2) is 26.2 Å². The normalized spacial score (nSPS) is 22.6. The third-order valence-corrected chi connectivity index (χ3v) is 3.48. The molecule has 1 aliphatic heterocycles. The molecule has 1 saturated heterocycles. The molecule has 4 heteroatoms. The molecule has 2 rings (SSSR count). The summed E-state index contributed by atoms with van der Waals surface area (Å²) in [5.41, 5.74) is 7.98. The Kier molecular flexibility index (Phi) is 5.63. The molecule has 1 aromatic carbocycles. The summed E-state index contributed by atoms with van der Waals surface area (Å²) in [6.45, 7) is 3.97. The number of hydrogen-bond acceptors (Lipinski definition) is 4. The Morgan fingerprint density at radius 1 is 1.26 bits per heavy atom. The van der Waals surface area contributed by atoms with Gasteiger partial charge in [-0.25, -0.2) is 5.43 Å². The van der Waals surface area contributed by atoms with Gasteiger partial charge in [-0.3, -0.25) is 5.43 Å². The molecule has 0 radical (unpaired) electrons. The summed E-state index contributed by atoms with van der Waals surface area (Å²) in [5.74, 6) is 0.968. The van der Waals surface area contributed by atoms with Gasteiger partial charge in [0.25, 0.3) is 0 Å². The number of rotatable bonds is 7. The molecule has 106 valence electrons. The molecule has 0 amide bonds. The van der Waals surface area contributed by atoms with Crippen LogP contribution in [0.4, 0.5) is 0 Å². The van der Waals surface area contributed by atoms with E-state index in [1.807, 2.05) is 7.05 Å². The van der Waals surface area contributed by atoms with Crippen molar-refractivity contribution in [2.24, 2.45) is 0 Å². The summed E-state index contributed by atoms with van der Waals surface area (Å²) in [7, 11) is 1.98. The quantitative estimate of drug-likeness (QED) is 0.658. The Morgan fingerprint density at radius 3 is 2.74 bits per heavy atom. The molecule has 0 aliphatic carbocycles. The van der Waals surface area contributed by atoms with Crippen molar-refractivity contribution < 1.29 is 4.74 Å². The van der Waals surface area contributed by atoms with Crippen LogP contribution in [-0.2, 0) is 0 Å². The van der Waals surface area contributed by atoms with E-state index in [-0.39, 0.29) is 0 Å². The van der Waals surface area contributed by atoms with Crippen LogP contribution in [0.3, 0.4) is 0 Å². The number of ether oxygens (including phenoxy) is 1. The van der Waals surface area contributed by atoms with Crippen LogP contribution in [0.25, 0.3) is 0 Å². The van der Waals surface area contributed by atoms with Gasteiger partial charge in [-0.2, -0.15) is 0 Å². The summed E-state index contributed by atoms with van der Waals surface area (Å²) in [6, 6.07) is 9.33. The fourth-order valence-electron chi connectivity index (χ4n) is 2.35. The van der Waals surface area contributed by atoms with Gasteiger partial charge in [0, 0.05) is 18.6 Å². The van der Waals surface area contributed by atoms with Crippen LogP contribution in [0.5, 0.6) is 5.75 Å². The number of hydrogen-bond donors (Lipinski definition) is 3. The molecule has 0 spiro atoms. The van der Waals surface area contributed by atoms with Crippen molar-refractivity contribution in [3.63, 3.8) is 0 Å². The van der Waals surface area contributed by atoms with Crippen molar-refractivity contribution in [1.29, 1.82) is 0 Å². The zero-order chi connectivity index (χ0) is 13.5. The predicted octanol–water partition coefficient (Wildman–Crippen LogP) is 1.99. The highest BCUT2D eigenvalue weighted by Crippen LogP contribution is 2.24. The third-order valence-electron chi connectivity index (χ3n) is 3.48. The predicted molar refractivity (Wildman–Crippen MR) is 78.2 cm³/mol. The first-order valence-electron chi connectivity index (χ1n) is 7.22. The maximum atomic E-state index is 5.68. The molecule has 1 heterocycles. The Labute approximate surface area is 115 Å². The van der Waals surface area contributed by atoms with Gasteiger partial charge in [0.05, 0.1) is 6.61 Å². The van der Waals surface area contributed by atoms with Gasteiger partial charge in [0.1, 0.15) is 5.75 Å². The average Bonchev–Trinajstić information content (AvgIpc) is 2.89. The monoisotopic (exact) mass is 263 g/mol. The maximum Gasteiger partial charge on any atom is 0.119 e. The summed E-state index contributed by atoms with van der Waals surface area (Å²) in [6.07, 6.45) is 3.39. The Morgan fingerprint density at radius 2 is 2.05 bits per heavy atom. The van der Waals surface area contributed by atoms with Crippen molar-refractivity contribution in [3.8, 4) is 5.75 Å². The number of likely N-dealkylation sites (N-methyl/N-ethyl adjacent to an activating group) is 1. The van der Waals surface area contributed by atoms with Crippen LogP contribution >= 0.6 is 0 Å². The molecule has 0 saturated carbocycles. The third kappa shape index (κ3) is 4.20. The van der Waals surface area contributed by atoms with Crippen molar-refractivity contribution in [1.82, 2.24) is 16.2 Å². The Hall–Kier alpha value is -1.10. The zero-order valence-electron chi connectivity index (χ0n) is 11.9. The first kappa shape index (κ1) is 14.3. The Bertz CT molecular complexity index is 366. The molecule has 1 fully saturated rings. The molecular weight excluding hydrogens is 238 g/mol. The smallest absolute Gasteiger partial charge is 0.119 e. The van der Waals surface area contributed by atoms with Gasteiger partial charge in [-0.15, -0.1) is 0 Å². The van der Waals surface area contributed by atoms with Crippen LogP contribution < -0.4 is 20.9 Å². The summed E-state index contributed by atoms with van der Waals surface area (Å²) in [4.78, 5) is 0. The van der Waals surface area contributed by atoms with E-state index in [0.717, 1.165) is 31.7 Å². The lowest BCUT2D eigenvalue weighted by Gasteiger charge is -2.11. The van der Waals surface area contributed by atoms with E-state index in [2.05, 4.69) is 47.4 Å². The molecule has 0 bridgehead atoms. The van der Waals surface area contributed by atoms with E-state index in [4.69, 9.17) is 4.74 Å². The van der Waals surface area contributed by atoms with Gasteiger partial charge >= 0.3 is 0 Å². The highest BCUT2D eigenvalue weighted by molar-refractivity contribution is 5.29. The van der Waals surface area contributed by atoms with E-state index < -0.39 is 0 Å². The fraction of sp³-hybridized carbons (Fsp3) is 0.600. The number of unbranched alkanes of at least 4 members (excludes halogenated alkanes) is 1. The average molecular weight is 263 g/mol. The van der Waals surface area contributed by atoms with E-state index in [1.54, 1.807) is 0 Å². The van der Waals surface area contributed by atoms with Gasteiger partial charge in [0.15, 0.2) is 0 Å². The minimum Gasteiger partial charge on any atom is -0.494 e. The second kappa shape index (κ2) is 7.48. The summed E-state index contributed by atoms with van der Waals surface area (Å²) < 4.78 is 5.68. The number of benzene rings is 1. The largest absolute Gasteiger partial charge is 0.494 e. The minimum absolute atomic E-state index is 0.392. The molecule has 1 aliphatic rings.